The average Bonchev–Trinajstić information content (AvgIpc) is 2.25. The van der Waals surface area contributed by atoms with Crippen LogP contribution in [0.3, 0.4) is 0 Å². The number of carbonyl (C=O) groups is 1. The minimum absolute atomic E-state index is 0.169. The highest BCUT2D eigenvalue weighted by atomic mass is 16.5. The molecule has 0 fully saturated rings. The molecule has 2 atom stereocenters. The summed E-state index contributed by atoms with van der Waals surface area (Å²) in [5.74, 6) is 4.82. The zero-order chi connectivity index (χ0) is 12.6. The van der Waals surface area contributed by atoms with Crippen molar-refractivity contribution in [1.29, 1.82) is 0 Å². The predicted octanol–water partition coefficient (Wildman–Crippen LogP) is -0.916. The Kier molecular flexibility index (Phi) is 8.10. The van der Waals surface area contributed by atoms with Crippen molar-refractivity contribution >= 4 is 5.91 Å². The van der Waals surface area contributed by atoms with Gasteiger partial charge in [-0.25, -0.2) is 5.84 Å². The van der Waals surface area contributed by atoms with E-state index in [1.54, 1.807) is 7.11 Å². The number of likely N-dealkylation sites (N-methyl/N-ethyl adjacent to an activating group) is 1. The molecule has 0 saturated heterocycles. The highest BCUT2D eigenvalue weighted by Crippen LogP contribution is 2.05. The normalized spacial score (nSPS) is 14.9. The van der Waals surface area contributed by atoms with Crippen LogP contribution in [0.25, 0.3) is 0 Å². The maximum absolute atomic E-state index is 10.9. The molecule has 0 saturated carbocycles. The fourth-order valence-electron chi connectivity index (χ4n) is 1.39. The molecule has 0 spiro atoms. The molecular formula is C10H23N3O3. The summed E-state index contributed by atoms with van der Waals surface area (Å²) >= 11 is 0. The zero-order valence-corrected chi connectivity index (χ0v) is 10.3. The van der Waals surface area contributed by atoms with Gasteiger partial charge >= 0.3 is 0 Å². The van der Waals surface area contributed by atoms with Gasteiger partial charge in [-0.2, -0.15) is 0 Å². The smallest absolute Gasteiger partial charge is 0.233 e. The van der Waals surface area contributed by atoms with E-state index in [4.69, 9.17) is 10.6 Å². The fraction of sp³-hybridized carbons (Fsp3) is 0.900. The van der Waals surface area contributed by atoms with E-state index in [9.17, 15) is 9.90 Å². The quantitative estimate of drug-likeness (QED) is 0.287. The van der Waals surface area contributed by atoms with Crippen molar-refractivity contribution in [1.82, 2.24) is 10.3 Å². The zero-order valence-electron chi connectivity index (χ0n) is 10.3. The van der Waals surface area contributed by atoms with Crippen LogP contribution in [0.2, 0.25) is 0 Å². The molecule has 0 aromatic carbocycles. The summed E-state index contributed by atoms with van der Waals surface area (Å²) < 4.78 is 4.84. The Morgan fingerprint density at radius 2 is 2.25 bits per heavy atom. The maximum atomic E-state index is 10.9. The largest absolute Gasteiger partial charge is 0.389 e. The SMILES string of the molecule is COCC(O)CN(C)C(C)CCC(=O)NN. The second-order valence-electron chi connectivity index (χ2n) is 4.00. The molecule has 4 N–H and O–H groups in total. The number of carbonyl (C=O) groups excluding carboxylic acids is 1. The van der Waals surface area contributed by atoms with Crippen molar-refractivity contribution in [3.63, 3.8) is 0 Å². The van der Waals surface area contributed by atoms with Crippen LogP contribution in [0.1, 0.15) is 19.8 Å². The molecule has 0 radical (unpaired) electrons. The van der Waals surface area contributed by atoms with Gasteiger partial charge in [0.1, 0.15) is 0 Å². The summed E-state index contributed by atoms with van der Waals surface area (Å²) in [6.45, 7) is 2.85. The molecule has 0 heterocycles. The van der Waals surface area contributed by atoms with Crippen molar-refractivity contribution in [3.05, 3.63) is 0 Å². The molecule has 2 unspecified atom stereocenters. The lowest BCUT2D eigenvalue weighted by atomic mass is 10.1. The summed E-state index contributed by atoms with van der Waals surface area (Å²) in [6, 6.07) is 0.212. The van der Waals surface area contributed by atoms with Gasteiger partial charge in [0.2, 0.25) is 5.91 Å². The predicted molar refractivity (Wildman–Crippen MR) is 61.5 cm³/mol. The Morgan fingerprint density at radius 1 is 1.62 bits per heavy atom. The molecule has 0 aromatic heterocycles. The van der Waals surface area contributed by atoms with E-state index in [-0.39, 0.29) is 11.9 Å². The van der Waals surface area contributed by atoms with E-state index in [0.29, 0.717) is 26.0 Å². The Bertz CT molecular complexity index is 202. The van der Waals surface area contributed by atoms with E-state index < -0.39 is 6.10 Å². The van der Waals surface area contributed by atoms with Gasteiger partial charge in [0.05, 0.1) is 12.7 Å². The number of aliphatic hydroxyl groups excluding tert-OH is 1. The monoisotopic (exact) mass is 233 g/mol. The van der Waals surface area contributed by atoms with Gasteiger partial charge in [-0.1, -0.05) is 0 Å². The Balaban J connectivity index is 3.80. The van der Waals surface area contributed by atoms with Crippen molar-refractivity contribution in [2.24, 2.45) is 5.84 Å². The molecule has 0 aromatic rings. The molecule has 0 rings (SSSR count). The molecule has 96 valence electrons. The third-order valence-electron chi connectivity index (χ3n) is 2.56. The van der Waals surface area contributed by atoms with E-state index in [2.05, 4.69) is 5.43 Å². The number of nitrogens with two attached hydrogens (primary N) is 1. The summed E-state index contributed by atoms with van der Waals surface area (Å²) in [7, 11) is 3.46. The van der Waals surface area contributed by atoms with Crippen LogP contribution in [-0.2, 0) is 9.53 Å². The lowest BCUT2D eigenvalue weighted by molar-refractivity contribution is -0.121. The third kappa shape index (κ3) is 6.73. The van der Waals surface area contributed by atoms with E-state index >= 15 is 0 Å². The van der Waals surface area contributed by atoms with Crippen LogP contribution in [0.4, 0.5) is 0 Å². The first-order chi connectivity index (χ1) is 7.51. The first kappa shape index (κ1) is 15.3. The van der Waals surface area contributed by atoms with Crippen LogP contribution in [-0.4, -0.2) is 55.4 Å². The van der Waals surface area contributed by atoms with Crippen LogP contribution >= 0.6 is 0 Å². The first-order valence-corrected chi connectivity index (χ1v) is 5.38. The topological polar surface area (TPSA) is 87.8 Å². The number of ether oxygens (including phenoxy) is 1. The number of hydrazine groups is 1. The maximum Gasteiger partial charge on any atom is 0.233 e. The summed E-state index contributed by atoms with van der Waals surface area (Å²) in [4.78, 5) is 12.9. The number of hydrogen-bond donors (Lipinski definition) is 3. The van der Waals surface area contributed by atoms with Gasteiger partial charge in [0, 0.05) is 26.1 Å². The number of methoxy groups -OCH3 is 1. The number of nitrogens with one attached hydrogen (secondary N) is 1. The summed E-state index contributed by atoms with van der Waals surface area (Å²) in [6.07, 6.45) is 0.600. The van der Waals surface area contributed by atoms with Crippen LogP contribution in [0, 0.1) is 0 Å². The molecular weight excluding hydrogens is 210 g/mol. The molecule has 1 amide bonds. The van der Waals surface area contributed by atoms with E-state index in [1.165, 1.54) is 0 Å². The molecule has 6 nitrogen and oxygen atoms in total. The van der Waals surface area contributed by atoms with Crippen LogP contribution < -0.4 is 11.3 Å². The molecule has 16 heavy (non-hydrogen) atoms. The van der Waals surface area contributed by atoms with Crippen molar-refractivity contribution in [2.45, 2.75) is 31.9 Å². The lowest BCUT2D eigenvalue weighted by Gasteiger charge is -2.26. The number of rotatable bonds is 8. The van der Waals surface area contributed by atoms with Gasteiger partial charge in [-0.15, -0.1) is 0 Å². The molecule has 0 aliphatic carbocycles. The average molecular weight is 233 g/mol. The summed E-state index contributed by atoms with van der Waals surface area (Å²) in [5.41, 5.74) is 2.09. The number of hydrogen-bond acceptors (Lipinski definition) is 5. The third-order valence-corrected chi connectivity index (χ3v) is 2.56. The van der Waals surface area contributed by atoms with Gasteiger partial charge in [-0.05, 0) is 20.4 Å². The van der Waals surface area contributed by atoms with E-state index in [1.807, 2.05) is 18.9 Å². The van der Waals surface area contributed by atoms with Crippen molar-refractivity contribution < 1.29 is 14.6 Å². The van der Waals surface area contributed by atoms with E-state index in [0.717, 1.165) is 0 Å². The second kappa shape index (κ2) is 8.46. The fourth-order valence-corrected chi connectivity index (χ4v) is 1.39. The van der Waals surface area contributed by atoms with Gasteiger partial charge in [0.15, 0.2) is 0 Å². The highest BCUT2D eigenvalue weighted by Gasteiger charge is 2.14. The highest BCUT2D eigenvalue weighted by molar-refractivity contribution is 5.75. The van der Waals surface area contributed by atoms with Gasteiger partial charge in [0.25, 0.3) is 0 Å². The number of nitrogens with zero attached hydrogens (tertiary/aromatic N) is 1. The molecule has 0 aliphatic heterocycles. The number of aliphatic hydroxyl groups is 1. The minimum Gasteiger partial charge on any atom is -0.389 e. The van der Waals surface area contributed by atoms with Crippen LogP contribution in [0.5, 0.6) is 0 Å². The Labute approximate surface area is 96.7 Å². The second-order valence-corrected chi connectivity index (χ2v) is 4.00. The molecule has 0 aliphatic rings. The van der Waals surface area contributed by atoms with Crippen molar-refractivity contribution in [2.75, 3.05) is 27.3 Å². The Morgan fingerprint density at radius 3 is 2.75 bits per heavy atom. The summed E-state index contributed by atoms with van der Waals surface area (Å²) in [5, 5.41) is 9.53. The molecule has 6 heteroatoms. The van der Waals surface area contributed by atoms with Crippen LogP contribution in [0.15, 0.2) is 0 Å². The number of amides is 1. The van der Waals surface area contributed by atoms with Gasteiger partial charge < -0.3 is 14.7 Å². The lowest BCUT2D eigenvalue weighted by Crippen LogP contribution is -2.38. The van der Waals surface area contributed by atoms with Gasteiger partial charge in [-0.3, -0.25) is 10.2 Å². The molecule has 0 bridgehead atoms. The first-order valence-electron chi connectivity index (χ1n) is 5.38. The minimum atomic E-state index is -0.499. The standard InChI is InChI=1S/C10H23N3O3/c1-8(4-5-10(15)12-11)13(2)6-9(14)7-16-3/h8-9,14H,4-7,11H2,1-3H3,(H,12,15). The van der Waals surface area contributed by atoms with Crippen molar-refractivity contribution in [3.8, 4) is 0 Å². The Hall–Kier alpha value is -0.690.